The fourth-order valence-corrected chi connectivity index (χ4v) is 1.18. The third-order valence-corrected chi connectivity index (χ3v) is 1.90. The normalized spacial score (nSPS) is 10.1. The molecule has 1 aromatic heterocycles. The van der Waals surface area contributed by atoms with Crippen molar-refractivity contribution in [2.45, 2.75) is 32.7 Å². The van der Waals surface area contributed by atoms with Crippen molar-refractivity contribution in [1.29, 1.82) is 0 Å². The summed E-state index contributed by atoms with van der Waals surface area (Å²) in [5.74, 6) is 0. The van der Waals surface area contributed by atoms with Crippen molar-refractivity contribution in [3.05, 3.63) is 34.7 Å². The number of nitrogens with zero attached hydrogens (tertiary/aromatic N) is 1. The first-order valence-corrected chi connectivity index (χ1v) is 4.50. The second kappa shape index (κ2) is 4.75. The van der Waals surface area contributed by atoms with Crippen LogP contribution in [0.4, 0.5) is 0 Å². The molecule has 0 unspecified atom stereocenters. The van der Waals surface area contributed by atoms with Crippen LogP contribution >= 0.6 is 0 Å². The van der Waals surface area contributed by atoms with Crippen LogP contribution in [0.15, 0.2) is 29.2 Å². The maximum Gasteiger partial charge on any atom is 0.250 e. The van der Waals surface area contributed by atoms with E-state index in [9.17, 15) is 4.79 Å². The summed E-state index contributed by atoms with van der Waals surface area (Å²) < 4.78 is 1.76. The van der Waals surface area contributed by atoms with E-state index in [2.05, 4.69) is 6.92 Å². The van der Waals surface area contributed by atoms with Crippen LogP contribution in [0.2, 0.25) is 0 Å². The van der Waals surface area contributed by atoms with Gasteiger partial charge >= 0.3 is 0 Å². The molecular weight excluding hydrogens is 150 g/mol. The van der Waals surface area contributed by atoms with Gasteiger partial charge in [-0.2, -0.15) is 0 Å². The first kappa shape index (κ1) is 9.04. The molecule has 0 aromatic carbocycles. The molecule has 12 heavy (non-hydrogen) atoms. The van der Waals surface area contributed by atoms with Gasteiger partial charge in [-0.15, -0.1) is 0 Å². The highest BCUT2D eigenvalue weighted by Crippen LogP contribution is 1.95. The molecule has 0 fully saturated rings. The van der Waals surface area contributed by atoms with Crippen LogP contribution in [0.25, 0.3) is 0 Å². The standard InChI is InChI=1S/C10H15NO/c1-2-3-5-8-11-9-6-4-7-10(11)12/h4,6-7,9H,2-3,5,8H2,1H3. The van der Waals surface area contributed by atoms with Crippen molar-refractivity contribution in [2.24, 2.45) is 0 Å². The highest BCUT2D eigenvalue weighted by Gasteiger charge is 1.91. The zero-order valence-electron chi connectivity index (χ0n) is 7.49. The Morgan fingerprint density at radius 2 is 2.17 bits per heavy atom. The predicted molar refractivity (Wildman–Crippen MR) is 50.2 cm³/mol. The summed E-state index contributed by atoms with van der Waals surface area (Å²) >= 11 is 0. The Hall–Kier alpha value is -1.05. The van der Waals surface area contributed by atoms with Crippen LogP contribution in [0.3, 0.4) is 0 Å². The molecule has 0 amide bonds. The molecule has 2 heteroatoms. The molecule has 0 aliphatic rings. The molecule has 2 nitrogen and oxygen atoms in total. The number of pyridine rings is 1. The zero-order valence-corrected chi connectivity index (χ0v) is 7.49. The van der Waals surface area contributed by atoms with Crippen molar-refractivity contribution >= 4 is 0 Å². The fourth-order valence-electron chi connectivity index (χ4n) is 1.18. The molecule has 0 aliphatic carbocycles. The molecule has 0 N–H and O–H groups in total. The largest absolute Gasteiger partial charge is 0.316 e. The second-order valence-corrected chi connectivity index (χ2v) is 2.94. The Morgan fingerprint density at radius 3 is 2.83 bits per heavy atom. The lowest BCUT2D eigenvalue weighted by molar-refractivity contribution is 0.587. The molecule has 1 aromatic rings. The molecule has 0 spiro atoms. The van der Waals surface area contributed by atoms with Crippen molar-refractivity contribution in [3.63, 3.8) is 0 Å². The maximum absolute atomic E-state index is 11.2. The van der Waals surface area contributed by atoms with E-state index in [-0.39, 0.29) is 5.56 Å². The summed E-state index contributed by atoms with van der Waals surface area (Å²) in [5.41, 5.74) is 0.105. The summed E-state index contributed by atoms with van der Waals surface area (Å²) in [7, 11) is 0. The number of rotatable bonds is 4. The quantitative estimate of drug-likeness (QED) is 0.626. The summed E-state index contributed by atoms with van der Waals surface area (Å²) in [6, 6.07) is 5.28. The van der Waals surface area contributed by atoms with Crippen molar-refractivity contribution < 1.29 is 0 Å². The van der Waals surface area contributed by atoms with E-state index in [0.29, 0.717) is 0 Å². The average molecular weight is 165 g/mol. The number of unbranched alkanes of at least 4 members (excludes halogenated alkanes) is 2. The Morgan fingerprint density at radius 1 is 1.33 bits per heavy atom. The predicted octanol–water partition coefficient (Wildman–Crippen LogP) is 2.04. The van der Waals surface area contributed by atoms with E-state index >= 15 is 0 Å². The second-order valence-electron chi connectivity index (χ2n) is 2.94. The molecule has 0 saturated heterocycles. The first-order valence-electron chi connectivity index (χ1n) is 4.50. The van der Waals surface area contributed by atoms with Crippen molar-refractivity contribution in [3.8, 4) is 0 Å². The summed E-state index contributed by atoms with van der Waals surface area (Å²) in [4.78, 5) is 11.2. The average Bonchev–Trinajstić information content (AvgIpc) is 2.09. The van der Waals surface area contributed by atoms with E-state index < -0.39 is 0 Å². The van der Waals surface area contributed by atoms with Crippen LogP contribution in [0.5, 0.6) is 0 Å². The smallest absolute Gasteiger partial charge is 0.250 e. The van der Waals surface area contributed by atoms with Crippen LogP contribution in [-0.4, -0.2) is 4.57 Å². The minimum absolute atomic E-state index is 0.105. The Labute approximate surface area is 72.8 Å². The fraction of sp³-hybridized carbons (Fsp3) is 0.500. The molecule has 1 rings (SSSR count). The van der Waals surface area contributed by atoms with E-state index in [4.69, 9.17) is 0 Å². The topological polar surface area (TPSA) is 22.0 Å². The highest BCUT2D eigenvalue weighted by molar-refractivity contribution is 4.92. The molecule has 66 valence electrons. The molecule has 0 radical (unpaired) electrons. The third kappa shape index (κ3) is 2.53. The number of hydrogen-bond donors (Lipinski definition) is 0. The highest BCUT2D eigenvalue weighted by atomic mass is 16.1. The summed E-state index contributed by atoms with van der Waals surface area (Å²) in [5, 5.41) is 0. The Bertz CT molecular complexity index is 277. The van der Waals surface area contributed by atoms with Gasteiger partial charge in [-0.3, -0.25) is 4.79 Å². The van der Waals surface area contributed by atoms with Crippen molar-refractivity contribution in [2.75, 3.05) is 0 Å². The van der Waals surface area contributed by atoms with Gasteiger partial charge in [0.1, 0.15) is 0 Å². The van der Waals surface area contributed by atoms with Gasteiger partial charge in [0.2, 0.25) is 5.56 Å². The molecular formula is C10H15NO. The molecule has 0 atom stereocenters. The maximum atomic E-state index is 11.2. The minimum atomic E-state index is 0.105. The minimum Gasteiger partial charge on any atom is -0.316 e. The van der Waals surface area contributed by atoms with Crippen LogP contribution in [0, 0.1) is 0 Å². The van der Waals surface area contributed by atoms with Crippen LogP contribution < -0.4 is 5.56 Å². The first-order chi connectivity index (χ1) is 5.84. The third-order valence-electron chi connectivity index (χ3n) is 1.90. The number of aryl methyl sites for hydroxylation is 1. The lowest BCUT2D eigenvalue weighted by Crippen LogP contribution is -2.17. The lowest BCUT2D eigenvalue weighted by atomic mass is 10.2. The van der Waals surface area contributed by atoms with Gasteiger partial charge in [0.05, 0.1) is 0 Å². The van der Waals surface area contributed by atoms with Crippen molar-refractivity contribution in [1.82, 2.24) is 4.57 Å². The monoisotopic (exact) mass is 165 g/mol. The molecule has 1 heterocycles. The van der Waals surface area contributed by atoms with Gasteiger partial charge < -0.3 is 4.57 Å². The van der Waals surface area contributed by atoms with Gasteiger partial charge in [0, 0.05) is 18.8 Å². The van der Waals surface area contributed by atoms with Gasteiger partial charge in [0.25, 0.3) is 0 Å². The zero-order chi connectivity index (χ0) is 8.81. The SMILES string of the molecule is CCCCCn1ccccc1=O. The number of aromatic nitrogens is 1. The molecule has 0 bridgehead atoms. The van der Waals surface area contributed by atoms with E-state index in [1.807, 2.05) is 12.3 Å². The Kier molecular flexibility index (Phi) is 3.58. The van der Waals surface area contributed by atoms with E-state index in [1.54, 1.807) is 16.7 Å². The van der Waals surface area contributed by atoms with E-state index in [0.717, 1.165) is 13.0 Å². The van der Waals surface area contributed by atoms with Crippen LogP contribution in [-0.2, 0) is 6.54 Å². The Balaban J connectivity index is 2.52. The lowest BCUT2D eigenvalue weighted by Gasteiger charge is -2.02. The summed E-state index contributed by atoms with van der Waals surface area (Å²) in [6.45, 7) is 3.02. The van der Waals surface area contributed by atoms with Gasteiger partial charge in [-0.05, 0) is 12.5 Å². The van der Waals surface area contributed by atoms with Crippen LogP contribution in [0.1, 0.15) is 26.2 Å². The molecule has 0 aliphatic heterocycles. The van der Waals surface area contributed by atoms with Gasteiger partial charge in [0.15, 0.2) is 0 Å². The summed E-state index contributed by atoms with van der Waals surface area (Å²) in [6.07, 6.45) is 5.33. The van der Waals surface area contributed by atoms with Gasteiger partial charge in [-0.25, -0.2) is 0 Å². The van der Waals surface area contributed by atoms with E-state index in [1.165, 1.54) is 12.8 Å². The molecule has 0 saturated carbocycles. The number of hydrogen-bond acceptors (Lipinski definition) is 1. The van der Waals surface area contributed by atoms with Gasteiger partial charge in [-0.1, -0.05) is 25.8 Å².